The summed E-state index contributed by atoms with van der Waals surface area (Å²) in [5.74, 6) is 0.0206. The Morgan fingerprint density at radius 1 is 1.56 bits per heavy atom. The van der Waals surface area contributed by atoms with E-state index in [2.05, 4.69) is 6.92 Å². The van der Waals surface area contributed by atoms with Gasteiger partial charge in [0, 0.05) is 12.6 Å². The largest absolute Gasteiger partial charge is 0.395 e. The zero-order valence-corrected chi connectivity index (χ0v) is 10.2. The Kier molecular flexibility index (Phi) is 5.77. The lowest BCUT2D eigenvalue weighted by atomic mass is 9.90. The highest BCUT2D eigenvalue weighted by Gasteiger charge is 2.30. The van der Waals surface area contributed by atoms with Crippen molar-refractivity contribution in [3.05, 3.63) is 0 Å². The number of hydrogen-bond donors (Lipinski definition) is 2. The van der Waals surface area contributed by atoms with E-state index in [-0.39, 0.29) is 18.6 Å². The van der Waals surface area contributed by atoms with Gasteiger partial charge in [-0.2, -0.15) is 0 Å². The van der Waals surface area contributed by atoms with Crippen molar-refractivity contribution in [2.75, 3.05) is 13.2 Å². The molecule has 1 unspecified atom stereocenters. The SMILES string of the molecule is CCCCC(N)C(=O)N(CCO)C1CCC1. The molecule has 0 saturated heterocycles. The fourth-order valence-corrected chi connectivity index (χ4v) is 2.04. The summed E-state index contributed by atoms with van der Waals surface area (Å²) in [6.07, 6.45) is 6.11. The van der Waals surface area contributed by atoms with Crippen LogP contribution in [0.1, 0.15) is 45.4 Å². The lowest BCUT2D eigenvalue weighted by Gasteiger charge is -2.38. The summed E-state index contributed by atoms with van der Waals surface area (Å²) >= 11 is 0. The number of aliphatic hydroxyl groups excluding tert-OH is 1. The number of carbonyl (C=O) groups excluding carboxylic acids is 1. The molecule has 1 amide bonds. The van der Waals surface area contributed by atoms with E-state index in [9.17, 15) is 4.79 Å². The average Bonchev–Trinajstić information content (AvgIpc) is 2.21. The molecule has 1 aliphatic carbocycles. The highest BCUT2D eigenvalue weighted by molar-refractivity contribution is 5.82. The lowest BCUT2D eigenvalue weighted by molar-refractivity contribution is -0.137. The Balaban J connectivity index is 2.45. The van der Waals surface area contributed by atoms with Crippen LogP contribution >= 0.6 is 0 Å². The van der Waals surface area contributed by atoms with Gasteiger partial charge in [0.2, 0.25) is 5.91 Å². The van der Waals surface area contributed by atoms with Crippen molar-refractivity contribution in [3.63, 3.8) is 0 Å². The van der Waals surface area contributed by atoms with Crippen molar-refractivity contribution in [2.24, 2.45) is 5.73 Å². The maximum Gasteiger partial charge on any atom is 0.239 e. The fraction of sp³-hybridized carbons (Fsp3) is 0.917. The summed E-state index contributed by atoms with van der Waals surface area (Å²) in [7, 11) is 0. The minimum atomic E-state index is -0.382. The molecule has 0 heterocycles. The second-order valence-corrected chi connectivity index (χ2v) is 4.59. The van der Waals surface area contributed by atoms with E-state index in [1.165, 1.54) is 6.42 Å². The van der Waals surface area contributed by atoms with Crippen LogP contribution in [0.4, 0.5) is 0 Å². The van der Waals surface area contributed by atoms with Gasteiger partial charge in [0.1, 0.15) is 0 Å². The third-order valence-electron chi connectivity index (χ3n) is 3.33. The number of nitrogens with zero attached hydrogens (tertiary/aromatic N) is 1. The summed E-state index contributed by atoms with van der Waals surface area (Å²) in [6.45, 7) is 2.56. The van der Waals surface area contributed by atoms with Crippen LogP contribution < -0.4 is 5.73 Å². The zero-order valence-electron chi connectivity index (χ0n) is 10.2. The first-order valence-corrected chi connectivity index (χ1v) is 6.37. The molecule has 16 heavy (non-hydrogen) atoms. The minimum absolute atomic E-state index is 0.0206. The van der Waals surface area contributed by atoms with Gasteiger partial charge in [-0.1, -0.05) is 19.8 Å². The molecular weight excluding hydrogens is 204 g/mol. The van der Waals surface area contributed by atoms with Gasteiger partial charge in [-0.15, -0.1) is 0 Å². The Labute approximate surface area is 97.8 Å². The Morgan fingerprint density at radius 2 is 2.25 bits per heavy atom. The van der Waals surface area contributed by atoms with Gasteiger partial charge < -0.3 is 15.7 Å². The third kappa shape index (κ3) is 3.46. The van der Waals surface area contributed by atoms with Gasteiger partial charge in [-0.05, 0) is 25.7 Å². The first kappa shape index (κ1) is 13.5. The van der Waals surface area contributed by atoms with Gasteiger partial charge in [-0.3, -0.25) is 4.79 Å². The van der Waals surface area contributed by atoms with Crippen molar-refractivity contribution in [3.8, 4) is 0 Å². The molecule has 4 nitrogen and oxygen atoms in total. The number of rotatable bonds is 7. The summed E-state index contributed by atoms with van der Waals surface area (Å²) < 4.78 is 0. The number of amides is 1. The molecule has 0 spiro atoms. The number of hydrogen-bond acceptors (Lipinski definition) is 3. The maximum atomic E-state index is 12.1. The van der Waals surface area contributed by atoms with Crippen molar-refractivity contribution in [2.45, 2.75) is 57.5 Å². The minimum Gasteiger partial charge on any atom is -0.395 e. The molecule has 0 aliphatic heterocycles. The molecule has 1 atom stereocenters. The molecule has 0 aromatic heterocycles. The maximum absolute atomic E-state index is 12.1. The number of carbonyl (C=O) groups is 1. The molecule has 0 radical (unpaired) electrons. The standard InChI is InChI=1S/C12H24N2O2/c1-2-3-7-11(13)12(16)14(8-9-15)10-5-4-6-10/h10-11,15H,2-9,13H2,1H3. The molecule has 0 bridgehead atoms. The lowest BCUT2D eigenvalue weighted by Crippen LogP contribution is -2.51. The van der Waals surface area contributed by atoms with Crippen molar-refractivity contribution >= 4 is 5.91 Å². The first-order valence-electron chi connectivity index (χ1n) is 6.37. The van der Waals surface area contributed by atoms with Crippen LogP contribution in [0.15, 0.2) is 0 Å². The van der Waals surface area contributed by atoms with Gasteiger partial charge in [0.05, 0.1) is 12.6 Å². The van der Waals surface area contributed by atoms with Crippen LogP contribution in [0.2, 0.25) is 0 Å². The van der Waals surface area contributed by atoms with E-state index < -0.39 is 0 Å². The monoisotopic (exact) mass is 228 g/mol. The van der Waals surface area contributed by atoms with E-state index in [4.69, 9.17) is 10.8 Å². The highest BCUT2D eigenvalue weighted by atomic mass is 16.3. The normalized spacial score (nSPS) is 17.9. The molecule has 1 aliphatic rings. The van der Waals surface area contributed by atoms with Gasteiger partial charge >= 0.3 is 0 Å². The van der Waals surface area contributed by atoms with Crippen molar-refractivity contribution < 1.29 is 9.90 Å². The number of unbranched alkanes of at least 4 members (excludes halogenated alkanes) is 1. The predicted molar refractivity (Wildman–Crippen MR) is 63.9 cm³/mol. The van der Waals surface area contributed by atoms with E-state index >= 15 is 0 Å². The van der Waals surface area contributed by atoms with Crippen LogP contribution in [0.25, 0.3) is 0 Å². The van der Waals surface area contributed by atoms with E-state index in [0.29, 0.717) is 12.6 Å². The molecule has 0 aromatic carbocycles. The third-order valence-corrected chi connectivity index (χ3v) is 3.33. The quantitative estimate of drug-likeness (QED) is 0.679. The summed E-state index contributed by atoms with van der Waals surface area (Å²) in [5, 5.41) is 8.98. The first-order chi connectivity index (χ1) is 7.70. The summed E-state index contributed by atoms with van der Waals surface area (Å²) in [4.78, 5) is 13.8. The van der Waals surface area contributed by atoms with Crippen LogP contribution in [-0.4, -0.2) is 41.1 Å². The van der Waals surface area contributed by atoms with Crippen LogP contribution in [0.5, 0.6) is 0 Å². The van der Waals surface area contributed by atoms with Crippen LogP contribution in [-0.2, 0) is 4.79 Å². The second-order valence-electron chi connectivity index (χ2n) is 4.59. The topological polar surface area (TPSA) is 66.6 Å². The Hall–Kier alpha value is -0.610. The van der Waals surface area contributed by atoms with Crippen molar-refractivity contribution in [1.29, 1.82) is 0 Å². The van der Waals surface area contributed by atoms with Crippen molar-refractivity contribution in [1.82, 2.24) is 4.90 Å². The zero-order chi connectivity index (χ0) is 12.0. The Morgan fingerprint density at radius 3 is 2.69 bits per heavy atom. The molecular formula is C12H24N2O2. The molecule has 94 valence electrons. The van der Waals surface area contributed by atoms with E-state index in [1.807, 2.05) is 0 Å². The molecule has 1 rings (SSSR count). The summed E-state index contributed by atoms with van der Waals surface area (Å²) in [5.41, 5.74) is 5.88. The van der Waals surface area contributed by atoms with Gasteiger partial charge in [0.25, 0.3) is 0 Å². The molecule has 3 N–H and O–H groups in total. The second kappa shape index (κ2) is 6.86. The molecule has 4 heteroatoms. The smallest absolute Gasteiger partial charge is 0.239 e. The molecule has 0 aromatic rings. The Bertz CT molecular complexity index is 217. The highest BCUT2D eigenvalue weighted by Crippen LogP contribution is 2.25. The fourth-order valence-electron chi connectivity index (χ4n) is 2.04. The van der Waals surface area contributed by atoms with E-state index in [1.54, 1.807) is 4.90 Å². The van der Waals surface area contributed by atoms with Gasteiger partial charge in [-0.25, -0.2) is 0 Å². The average molecular weight is 228 g/mol. The molecule has 1 fully saturated rings. The number of aliphatic hydroxyl groups is 1. The van der Waals surface area contributed by atoms with Crippen LogP contribution in [0.3, 0.4) is 0 Å². The number of nitrogens with two attached hydrogens (primary N) is 1. The predicted octanol–water partition coefficient (Wildman–Crippen LogP) is 0.877. The van der Waals surface area contributed by atoms with Gasteiger partial charge in [0.15, 0.2) is 0 Å². The summed E-state index contributed by atoms with van der Waals surface area (Å²) in [6, 6.07) is -0.0561. The molecule has 1 saturated carbocycles. The van der Waals surface area contributed by atoms with Crippen LogP contribution in [0, 0.1) is 0 Å². The van der Waals surface area contributed by atoms with E-state index in [0.717, 1.165) is 32.1 Å².